The van der Waals surface area contributed by atoms with Gasteiger partial charge in [-0.1, -0.05) is 19.9 Å². The first kappa shape index (κ1) is 50.8. The molecule has 4 saturated carbocycles. The van der Waals surface area contributed by atoms with Gasteiger partial charge in [0.2, 0.25) is 6.29 Å². The number of carbonyl (C=O) groups excluding carboxylic acids is 1. The zero-order valence-electron chi connectivity index (χ0n) is 37.4. The number of ether oxygens (including phenoxy) is 8. The molecule has 1 spiro atoms. The van der Waals surface area contributed by atoms with Crippen LogP contribution in [-0.4, -0.2) is 221 Å². The van der Waals surface area contributed by atoms with E-state index >= 15 is 0 Å². The summed E-state index contributed by atoms with van der Waals surface area (Å²) in [6.07, 6.45) is -27.4. The highest BCUT2D eigenvalue weighted by Gasteiger charge is 2.70. The topological polar surface area (TPSA) is 354 Å². The number of hydrogen-bond acceptors (Lipinski definition) is 22. The second kappa shape index (κ2) is 18.9. The van der Waals surface area contributed by atoms with Crippen molar-refractivity contribution < 1.29 is 109 Å². The molecule has 22 heteroatoms. The summed E-state index contributed by atoms with van der Waals surface area (Å²) in [7, 11) is 0. The van der Waals surface area contributed by atoms with Gasteiger partial charge in [-0.2, -0.15) is 0 Å². The first-order valence-electron chi connectivity index (χ1n) is 23.2. The molecule has 0 aromatic heterocycles. The SMILES string of the molecule is C=C1C[C@]23CC[C@H]4[C@@](C)(CCC[C@@]4(C)C(=O)O[C@@H]4O[C@H](CO)[C@@H](O)[C@@H](O)[C@H]4O)[C@@H]2CC[C@@]1(O[C@H]1O[C@@H](CO)[C@H](O)[C@@H](O[C@H]2O[C@@H](CO)[C@H](O)[C@@H](O)[C@@H]2O)[C@@H]1O[C@H]1O[C@@H](C)[C@H](O)[C@@H](O)[C@@H]1O)C3. The van der Waals surface area contributed by atoms with Gasteiger partial charge in [0.15, 0.2) is 18.9 Å². The smallest absolute Gasteiger partial charge is 0.314 e. The molecule has 4 saturated heterocycles. The van der Waals surface area contributed by atoms with Crippen LogP contribution in [0, 0.1) is 28.1 Å². The van der Waals surface area contributed by atoms with E-state index in [9.17, 15) is 71.2 Å². The van der Waals surface area contributed by atoms with Gasteiger partial charge in [0.05, 0.1) is 36.9 Å². The normalized spacial score (nSPS) is 55.2. The maximum atomic E-state index is 14.3. The minimum atomic E-state index is -1.92. The number of carbonyl (C=O) groups is 1. The number of aliphatic hydroxyl groups excluding tert-OH is 13. The van der Waals surface area contributed by atoms with E-state index in [-0.39, 0.29) is 17.3 Å². The van der Waals surface area contributed by atoms with Crippen LogP contribution >= 0.6 is 0 Å². The standard InChI is InChI=1S/C44H70O22/c1-17-12-43-10-6-22-41(3,8-5-9-42(22,4)40(58)65-38-33(57)30(54)26(50)20(14-46)61-38)23(43)7-11-44(17,16-43)66-39-35(64-36-31(55)28(52)24(48)18(2)59-36)34(27(51)21(15-47)62-39)63-37-32(56)29(53)25(49)19(13-45)60-37/h18-39,45-57H,1,5-16H2,2-4H3/t18-,19-,20+,21-,22-,23-,24-,25-,26+,27-,28+,29+,30+,31-,32-,33+,34+,35-,36+,37+,38-,39+,41+,42+,43-,44+/m0/s1. The Labute approximate surface area is 381 Å². The summed E-state index contributed by atoms with van der Waals surface area (Å²) in [6, 6.07) is 0. The quantitative estimate of drug-likeness (QED) is 0.0532. The Balaban J connectivity index is 1.06. The largest absolute Gasteiger partial charge is 0.432 e. The van der Waals surface area contributed by atoms with Gasteiger partial charge in [-0.15, -0.1) is 0 Å². The molecule has 2 bridgehead atoms. The van der Waals surface area contributed by atoms with Crippen molar-refractivity contribution in [1.29, 1.82) is 0 Å². The lowest BCUT2D eigenvalue weighted by Crippen LogP contribution is -2.67. The molecule has 22 nitrogen and oxygen atoms in total. The van der Waals surface area contributed by atoms with Gasteiger partial charge in [0, 0.05) is 0 Å². The third kappa shape index (κ3) is 8.30. The Morgan fingerprint density at radius 1 is 0.606 bits per heavy atom. The molecule has 4 heterocycles. The highest BCUT2D eigenvalue weighted by molar-refractivity contribution is 5.77. The van der Waals surface area contributed by atoms with Crippen molar-refractivity contribution in [3.63, 3.8) is 0 Å². The van der Waals surface area contributed by atoms with Crippen molar-refractivity contribution in [1.82, 2.24) is 0 Å². The van der Waals surface area contributed by atoms with E-state index in [1.54, 1.807) is 0 Å². The molecule has 8 aliphatic rings. The maximum absolute atomic E-state index is 14.3. The number of fused-ring (bicyclic) bond motifs is 3. The molecule has 0 amide bonds. The average Bonchev–Trinajstić information content (AvgIpc) is 3.48. The Kier molecular flexibility index (Phi) is 14.5. The van der Waals surface area contributed by atoms with Crippen molar-refractivity contribution in [2.24, 2.45) is 28.1 Å². The van der Waals surface area contributed by atoms with Crippen LogP contribution in [0.15, 0.2) is 12.2 Å². The number of hydrogen-bond donors (Lipinski definition) is 13. The van der Waals surface area contributed by atoms with E-state index in [4.69, 9.17) is 37.9 Å². The van der Waals surface area contributed by atoms with Gasteiger partial charge in [-0.3, -0.25) is 4.79 Å². The summed E-state index contributed by atoms with van der Waals surface area (Å²) in [5.74, 6) is -0.750. The average molecular weight is 951 g/mol. The number of rotatable bonds is 11. The van der Waals surface area contributed by atoms with Crippen molar-refractivity contribution >= 4 is 5.97 Å². The third-order valence-corrected chi connectivity index (χ3v) is 17.0. The molecule has 0 unspecified atom stereocenters. The summed E-state index contributed by atoms with van der Waals surface area (Å²) in [5.41, 5.74) is -2.19. The molecule has 13 N–H and O–H groups in total. The van der Waals surface area contributed by atoms with Crippen LogP contribution in [0.25, 0.3) is 0 Å². The lowest BCUT2D eigenvalue weighted by atomic mass is 9.41. The third-order valence-electron chi connectivity index (χ3n) is 17.0. The second-order valence-corrected chi connectivity index (χ2v) is 20.8. The van der Waals surface area contributed by atoms with Crippen LogP contribution < -0.4 is 0 Å². The van der Waals surface area contributed by atoms with Gasteiger partial charge in [-0.05, 0) is 93.5 Å². The summed E-state index contributed by atoms with van der Waals surface area (Å²) in [5, 5.41) is 137. The Morgan fingerprint density at radius 2 is 1.12 bits per heavy atom. The predicted octanol–water partition coefficient (Wildman–Crippen LogP) is -4.09. The first-order valence-corrected chi connectivity index (χ1v) is 23.2. The lowest BCUT2D eigenvalue weighted by molar-refractivity contribution is -0.398. The highest BCUT2D eigenvalue weighted by atomic mass is 16.8. The molecular formula is C44H70O22. The minimum Gasteiger partial charge on any atom is -0.432 e. The van der Waals surface area contributed by atoms with Crippen LogP contribution in [0.3, 0.4) is 0 Å². The summed E-state index contributed by atoms with van der Waals surface area (Å²) < 4.78 is 48.4. The zero-order chi connectivity index (χ0) is 48.0. The maximum Gasteiger partial charge on any atom is 0.314 e. The van der Waals surface area contributed by atoms with Crippen LogP contribution in [0.4, 0.5) is 0 Å². The summed E-state index contributed by atoms with van der Waals surface area (Å²) >= 11 is 0. The fourth-order valence-electron chi connectivity index (χ4n) is 13.4. The predicted molar refractivity (Wildman–Crippen MR) is 218 cm³/mol. The Hall–Kier alpha value is -1.59. The van der Waals surface area contributed by atoms with Crippen LogP contribution in [0.2, 0.25) is 0 Å². The Bertz CT molecular complexity index is 1740. The molecule has 4 aliphatic heterocycles. The first-order chi connectivity index (χ1) is 31.1. The molecule has 66 heavy (non-hydrogen) atoms. The minimum absolute atomic E-state index is 0.0493. The van der Waals surface area contributed by atoms with Crippen LogP contribution in [0.5, 0.6) is 0 Å². The van der Waals surface area contributed by atoms with Crippen molar-refractivity contribution in [3.8, 4) is 0 Å². The van der Waals surface area contributed by atoms with Crippen molar-refractivity contribution in [2.75, 3.05) is 19.8 Å². The van der Waals surface area contributed by atoms with Crippen LogP contribution in [0.1, 0.15) is 78.6 Å². The fourth-order valence-corrected chi connectivity index (χ4v) is 13.4. The van der Waals surface area contributed by atoms with E-state index < -0.39 is 165 Å². The summed E-state index contributed by atoms with van der Waals surface area (Å²) in [4.78, 5) is 14.3. The van der Waals surface area contributed by atoms with Crippen molar-refractivity contribution in [3.05, 3.63) is 12.2 Å². The molecule has 378 valence electrons. The van der Waals surface area contributed by atoms with Gasteiger partial charge >= 0.3 is 5.97 Å². The summed E-state index contributed by atoms with van der Waals surface area (Å²) in [6.45, 7) is 7.77. The van der Waals surface area contributed by atoms with Gasteiger partial charge in [0.25, 0.3) is 0 Å². The van der Waals surface area contributed by atoms with E-state index in [0.717, 1.165) is 12.0 Å². The van der Waals surface area contributed by atoms with E-state index in [0.29, 0.717) is 51.4 Å². The number of aliphatic hydroxyl groups is 13. The molecule has 0 radical (unpaired) electrons. The fraction of sp³-hybridized carbons (Fsp3) is 0.932. The van der Waals surface area contributed by atoms with Gasteiger partial charge < -0.3 is 104 Å². The van der Waals surface area contributed by atoms with E-state index in [2.05, 4.69) is 13.5 Å². The molecule has 0 aromatic rings. The zero-order valence-corrected chi connectivity index (χ0v) is 37.4. The van der Waals surface area contributed by atoms with Crippen molar-refractivity contribution in [2.45, 2.75) is 207 Å². The monoisotopic (exact) mass is 950 g/mol. The molecule has 4 aliphatic carbocycles. The van der Waals surface area contributed by atoms with Gasteiger partial charge in [-0.25, -0.2) is 0 Å². The molecule has 8 fully saturated rings. The van der Waals surface area contributed by atoms with Crippen LogP contribution in [-0.2, 0) is 42.7 Å². The number of esters is 1. The van der Waals surface area contributed by atoms with Gasteiger partial charge in [0.1, 0.15) is 91.6 Å². The Morgan fingerprint density at radius 3 is 1.74 bits per heavy atom. The van der Waals surface area contributed by atoms with E-state index in [1.165, 1.54) is 6.92 Å². The highest BCUT2D eigenvalue weighted by Crippen LogP contribution is 2.73. The molecule has 26 atom stereocenters. The van der Waals surface area contributed by atoms with E-state index in [1.807, 2.05) is 6.92 Å². The molecule has 0 aromatic carbocycles. The lowest BCUT2D eigenvalue weighted by Gasteiger charge is -2.64. The second-order valence-electron chi connectivity index (χ2n) is 20.8. The molecule has 8 rings (SSSR count). The molecular weight excluding hydrogens is 880 g/mol.